The van der Waals surface area contributed by atoms with Crippen LogP contribution in [-0.4, -0.2) is 56.4 Å². The predicted octanol–water partition coefficient (Wildman–Crippen LogP) is 8.05. The third kappa shape index (κ3) is 3.78. The fourth-order valence-electron chi connectivity index (χ4n) is 9.31. The van der Waals surface area contributed by atoms with Crippen molar-refractivity contribution in [2.24, 2.45) is 11.3 Å². The van der Waals surface area contributed by atoms with Crippen molar-refractivity contribution in [2.75, 3.05) is 20.6 Å². The highest BCUT2D eigenvalue weighted by Gasteiger charge is 2.52. The van der Waals surface area contributed by atoms with Crippen LogP contribution in [0, 0.1) is 11.3 Å². The molecule has 3 aromatic carbocycles. The predicted molar refractivity (Wildman–Crippen MR) is 171 cm³/mol. The van der Waals surface area contributed by atoms with E-state index in [2.05, 4.69) is 39.9 Å². The van der Waals surface area contributed by atoms with Crippen LogP contribution in [0.2, 0.25) is 0 Å². The van der Waals surface area contributed by atoms with E-state index < -0.39 is 5.92 Å². The van der Waals surface area contributed by atoms with E-state index in [4.69, 9.17) is 9.97 Å². The second kappa shape index (κ2) is 8.89. The lowest BCUT2D eigenvalue weighted by molar-refractivity contribution is 0.0481. The number of hydrogen-bond donors (Lipinski definition) is 2. The Labute approximate surface area is 260 Å². The van der Waals surface area contributed by atoms with Crippen molar-refractivity contribution in [3.05, 3.63) is 83.6 Å². The average molecular weight is 603 g/mol. The van der Waals surface area contributed by atoms with Crippen LogP contribution in [0.5, 0.6) is 0 Å². The first kappa shape index (κ1) is 26.3. The molecule has 8 heteroatoms. The molecule has 0 radical (unpaired) electrons. The maximum Gasteiger partial charge on any atom is 0.299 e. The van der Waals surface area contributed by atoms with Gasteiger partial charge in [0.25, 0.3) is 5.92 Å². The number of nitrogens with one attached hydrogen (secondary N) is 2. The summed E-state index contributed by atoms with van der Waals surface area (Å²) in [6, 6.07) is 18.2. The van der Waals surface area contributed by atoms with Crippen molar-refractivity contribution < 1.29 is 8.78 Å². The minimum absolute atomic E-state index is 0.0573. The molecule has 2 N–H and O–H groups in total. The van der Waals surface area contributed by atoms with Gasteiger partial charge < -0.3 is 9.97 Å². The molecule has 1 spiro atoms. The van der Waals surface area contributed by atoms with Gasteiger partial charge in [-0.25, -0.2) is 9.97 Å². The Morgan fingerprint density at radius 1 is 0.844 bits per heavy atom. The highest BCUT2D eigenvalue weighted by molar-refractivity contribution is 5.86. The van der Waals surface area contributed by atoms with Gasteiger partial charge in [-0.1, -0.05) is 30.3 Å². The number of hydrogen-bond acceptors (Lipinski definition) is 4. The Morgan fingerprint density at radius 2 is 1.58 bits per heavy atom. The number of piperidine rings is 1. The van der Waals surface area contributed by atoms with Crippen molar-refractivity contribution in [1.82, 2.24) is 29.7 Å². The van der Waals surface area contributed by atoms with Crippen LogP contribution in [0.25, 0.3) is 44.5 Å². The molecule has 228 valence electrons. The third-order valence-electron chi connectivity index (χ3n) is 11.9. The lowest BCUT2D eigenvalue weighted by Gasteiger charge is -2.30. The zero-order valence-corrected chi connectivity index (χ0v) is 25.6. The number of imidazole rings is 2. The molecule has 2 saturated heterocycles. The summed E-state index contributed by atoms with van der Waals surface area (Å²) in [6.45, 7) is 1.11. The minimum atomic E-state index is -3.10. The van der Waals surface area contributed by atoms with Crippen LogP contribution >= 0.6 is 0 Å². The SMILES string of the molecule is CN1CC2(CC2)CC1c1ncc(-c2ccc3c(c2)C(F)(F)c2cc(-c4ccc5nc([C@@H]6[C@H]7CCC(C7)N6C)[nH]c5c4)ccc2-3)[nH]1. The van der Waals surface area contributed by atoms with Gasteiger partial charge in [0.2, 0.25) is 0 Å². The van der Waals surface area contributed by atoms with E-state index >= 15 is 8.78 Å². The normalized spacial score (nSPS) is 27.6. The number of rotatable bonds is 4. The summed E-state index contributed by atoms with van der Waals surface area (Å²) in [6.07, 6.45) is 9.29. The number of benzene rings is 3. The van der Waals surface area contributed by atoms with Gasteiger partial charge in [-0.3, -0.25) is 9.80 Å². The number of fused-ring (bicyclic) bond motifs is 6. The van der Waals surface area contributed by atoms with Crippen LogP contribution in [0.4, 0.5) is 8.78 Å². The molecule has 2 unspecified atom stereocenters. The Morgan fingerprint density at radius 3 is 2.31 bits per heavy atom. The van der Waals surface area contributed by atoms with Crippen molar-refractivity contribution in [3.63, 3.8) is 0 Å². The molecule has 5 aliphatic rings. The fourth-order valence-corrected chi connectivity index (χ4v) is 9.31. The summed E-state index contributed by atoms with van der Waals surface area (Å²) in [5, 5.41) is 0. The number of H-pyrrole nitrogens is 2. The standard InChI is InChI=1S/C37H36F2N6/c1-44-19-36(11-12-36)17-32(44)34-40-18-31(43-34)22-5-9-26-25-8-4-20(14-27(25)37(38,39)28(26)15-22)21-6-10-29-30(16-21)42-35(41-29)33-23-3-7-24(13-23)45(33)2/h4-6,8-10,14-16,18,23-24,32-33H,3,7,11-13,17,19H2,1-2H3,(H,40,43)(H,41,42)/t23-,24?,32?,33-/m0/s1. The molecule has 2 aliphatic heterocycles. The largest absolute Gasteiger partial charge is 0.341 e. The van der Waals surface area contributed by atoms with Crippen molar-refractivity contribution in [1.29, 1.82) is 0 Å². The van der Waals surface area contributed by atoms with Crippen LogP contribution in [0.3, 0.4) is 0 Å². The molecular formula is C37H36F2N6. The fraction of sp³-hybridized carbons (Fsp3) is 0.405. The van der Waals surface area contributed by atoms with Gasteiger partial charge in [0.1, 0.15) is 11.6 Å². The Bertz CT molecular complexity index is 2020. The molecule has 3 aliphatic carbocycles. The van der Waals surface area contributed by atoms with Gasteiger partial charge >= 0.3 is 0 Å². The first-order valence-electron chi connectivity index (χ1n) is 16.4. The van der Waals surface area contributed by atoms with Crippen LogP contribution in [0.15, 0.2) is 60.8 Å². The molecule has 2 saturated carbocycles. The van der Waals surface area contributed by atoms with Crippen molar-refractivity contribution in [3.8, 4) is 33.5 Å². The number of halogens is 2. The molecule has 10 rings (SSSR count). The Kier molecular flexibility index (Phi) is 5.20. The maximum absolute atomic E-state index is 16.2. The number of likely N-dealkylation sites (tertiary alicyclic amines) is 2. The number of nitrogens with zero attached hydrogens (tertiary/aromatic N) is 4. The minimum Gasteiger partial charge on any atom is -0.341 e. The van der Waals surface area contributed by atoms with E-state index in [9.17, 15) is 0 Å². The highest BCUT2D eigenvalue weighted by Crippen LogP contribution is 2.58. The lowest BCUT2D eigenvalue weighted by Crippen LogP contribution is -2.31. The van der Waals surface area contributed by atoms with Gasteiger partial charge in [0.05, 0.1) is 35.0 Å². The zero-order chi connectivity index (χ0) is 30.2. The highest BCUT2D eigenvalue weighted by atomic mass is 19.3. The molecule has 4 atom stereocenters. The summed E-state index contributed by atoms with van der Waals surface area (Å²) in [7, 11) is 4.37. The molecule has 2 aromatic heterocycles. The number of alkyl halides is 2. The monoisotopic (exact) mass is 602 g/mol. The molecule has 6 nitrogen and oxygen atoms in total. The van der Waals surface area contributed by atoms with Crippen LogP contribution in [-0.2, 0) is 5.92 Å². The van der Waals surface area contributed by atoms with Crippen LogP contribution < -0.4 is 0 Å². The topological polar surface area (TPSA) is 63.8 Å². The zero-order valence-electron chi connectivity index (χ0n) is 25.6. The number of aromatic nitrogens is 4. The van der Waals surface area contributed by atoms with E-state index in [1.807, 2.05) is 36.4 Å². The van der Waals surface area contributed by atoms with E-state index in [0.717, 1.165) is 58.0 Å². The molecule has 45 heavy (non-hydrogen) atoms. The average Bonchev–Trinajstić information content (AvgIpc) is 3.65. The quantitative estimate of drug-likeness (QED) is 0.219. The second-order valence-electron chi connectivity index (χ2n) is 14.6. The first-order valence-corrected chi connectivity index (χ1v) is 16.4. The van der Waals surface area contributed by atoms with Gasteiger partial charge in [0, 0.05) is 29.3 Å². The third-order valence-corrected chi connectivity index (χ3v) is 11.9. The summed E-state index contributed by atoms with van der Waals surface area (Å²) < 4.78 is 32.4. The molecule has 4 fully saturated rings. The van der Waals surface area contributed by atoms with Gasteiger partial charge in [-0.15, -0.1) is 0 Å². The van der Waals surface area contributed by atoms with E-state index in [1.165, 1.54) is 32.1 Å². The van der Waals surface area contributed by atoms with Gasteiger partial charge in [-0.2, -0.15) is 8.78 Å². The summed E-state index contributed by atoms with van der Waals surface area (Å²) >= 11 is 0. The number of aromatic amines is 2. The molecule has 4 heterocycles. The summed E-state index contributed by atoms with van der Waals surface area (Å²) in [5.74, 6) is -0.489. The van der Waals surface area contributed by atoms with Crippen molar-refractivity contribution >= 4 is 11.0 Å². The Balaban J connectivity index is 0.954. The van der Waals surface area contributed by atoms with E-state index in [1.54, 1.807) is 18.3 Å². The summed E-state index contributed by atoms with van der Waals surface area (Å²) in [5.41, 5.74) is 6.87. The van der Waals surface area contributed by atoms with Crippen molar-refractivity contribution in [2.45, 2.75) is 62.6 Å². The first-order chi connectivity index (χ1) is 21.8. The van der Waals surface area contributed by atoms with Gasteiger partial charge in [-0.05, 0) is 110 Å². The molecule has 2 bridgehead atoms. The van der Waals surface area contributed by atoms with E-state index in [0.29, 0.717) is 34.5 Å². The van der Waals surface area contributed by atoms with Crippen LogP contribution in [0.1, 0.15) is 73.4 Å². The van der Waals surface area contributed by atoms with E-state index in [-0.39, 0.29) is 17.2 Å². The smallest absolute Gasteiger partial charge is 0.299 e. The molecule has 0 amide bonds. The summed E-state index contributed by atoms with van der Waals surface area (Å²) in [4.78, 5) is 21.6. The Hall–Kier alpha value is -3.88. The maximum atomic E-state index is 16.2. The lowest BCUT2D eigenvalue weighted by atomic mass is 9.98. The molecular weight excluding hydrogens is 566 g/mol. The molecule has 5 aromatic rings. The van der Waals surface area contributed by atoms with Gasteiger partial charge in [0.15, 0.2) is 0 Å². The second-order valence-corrected chi connectivity index (χ2v) is 14.6.